The number of nitrogens with zero attached hydrogens (tertiary/aromatic N) is 4. The minimum Gasteiger partial charge on any atom is -0.276 e. The van der Waals surface area contributed by atoms with Crippen molar-refractivity contribution in [2.24, 2.45) is 0 Å². The second-order valence-electron chi connectivity index (χ2n) is 6.09. The Labute approximate surface area is 157 Å². The number of fused-ring (bicyclic) bond motifs is 3. The quantitative estimate of drug-likeness (QED) is 0.486. The number of thioether (sulfide) groups is 1. The highest BCUT2D eigenvalue weighted by Crippen LogP contribution is 2.26. The molecule has 4 rings (SSSR count). The van der Waals surface area contributed by atoms with E-state index >= 15 is 0 Å². The monoisotopic (exact) mass is 386 g/mol. The predicted octanol–water partition coefficient (Wildman–Crippen LogP) is 4.02. The Kier molecular flexibility index (Phi) is 4.65. The second kappa shape index (κ2) is 7.11. The molecule has 0 aliphatic carbocycles. The number of rotatable bonds is 5. The fraction of sp³-hybridized carbons (Fsp3) is 0.211. The molecule has 0 radical (unpaired) electrons. The Morgan fingerprint density at radius 2 is 1.89 bits per heavy atom. The van der Waals surface area contributed by atoms with E-state index in [0.717, 1.165) is 12.5 Å². The predicted molar refractivity (Wildman–Crippen MR) is 101 cm³/mol. The van der Waals surface area contributed by atoms with E-state index in [1.165, 1.54) is 17.8 Å². The van der Waals surface area contributed by atoms with E-state index in [9.17, 15) is 13.6 Å². The molecule has 0 aliphatic rings. The summed E-state index contributed by atoms with van der Waals surface area (Å²) in [5, 5.41) is 9.47. The van der Waals surface area contributed by atoms with Crippen LogP contribution in [0.3, 0.4) is 0 Å². The average Bonchev–Trinajstić information content (AvgIpc) is 3.10. The van der Waals surface area contributed by atoms with Crippen LogP contribution in [-0.4, -0.2) is 19.2 Å². The van der Waals surface area contributed by atoms with Crippen LogP contribution >= 0.6 is 11.8 Å². The first-order valence-corrected chi connectivity index (χ1v) is 9.52. The standard InChI is InChI=1S/C19H16F2N4OS/c1-2-10-24-17(26)13-7-3-4-9-15(13)25-18(24)22-23-19(25)27-11-12-6-5-8-14(20)16(12)21/h3-9H,2,10-11H2,1H3. The average molecular weight is 386 g/mol. The molecule has 2 aromatic heterocycles. The number of hydrogen-bond acceptors (Lipinski definition) is 4. The largest absolute Gasteiger partial charge is 0.276 e. The van der Waals surface area contributed by atoms with Crippen LogP contribution in [-0.2, 0) is 12.3 Å². The first-order chi connectivity index (χ1) is 13.1. The zero-order valence-electron chi connectivity index (χ0n) is 14.5. The lowest BCUT2D eigenvalue weighted by molar-refractivity contribution is 0.502. The van der Waals surface area contributed by atoms with Crippen molar-refractivity contribution in [3.8, 4) is 0 Å². The number of para-hydroxylation sites is 1. The van der Waals surface area contributed by atoms with Gasteiger partial charge in [-0.15, -0.1) is 10.2 Å². The molecule has 27 heavy (non-hydrogen) atoms. The highest BCUT2D eigenvalue weighted by Gasteiger charge is 2.17. The van der Waals surface area contributed by atoms with Gasteiger partial charge >= 0.3 is 0 Å². The molecule has 0 N–H and O–H groups in total. The van der Waals surface area contributed by atoms with Gasteiger partial charge in [0, 0.05) is 17.9 Å². The molecule has 138 valence electrons. The maximum absolute atomic E-state index is 13.9. The second-order valence-corrected chi connectivity index (χ2v) is 7.04. The summed E-state index contributed by atoms with van der Waals surface area (Å²) in [4.78, 5) is 12.8. The van der Waals surface area contributed by atoms with Crippen molar-refractivity contribution >= 4 is 28.4 Å². The van der Waals surface area contributed by atoms with Gasteiger partial charge in [-0.2, -0.15) is 0 Å². The molecule has 0 saturated heterocycles. The van der Waals surface area contributed by atoms with Gasteiger partial charge in [-0.25, -0.2) is 8.78 Å². The van der Waals surface area contributed by atoms with E-state index in [0.29, 0.717) is 28.4 Å². The van der Waals surface area contributed by atoms with Gasteiger partial charge in [-0.3, -0.25) is 13.8 Å². The Hall–Kier alpha value is -2.74. The number of aromatic nitrogens is 4. The fourth-order valence-electron chi connectivity index (χ4n) is 3.05. The van der Waals surface area contributed by atoms with Gasteiger partial charge in [0.25, 0.3) is 5.56 Å². The zero-order chi connectivity index (χ0) is 19.0. The molecule has 0 bridgehead atoms. The van der Waals surface area contributed by atoms with E-state index in [2.05, 4.69) is 10.2 Å². The molecular weight excluding hydrogens is 370 g/mol. The van der Waals surface area contributed by atoms with Gasteiger partial charge in [0.05, 0.1) is 10.9 Å². The first kappa shape index (κ1) is 17.7. The van der Waals surface area contributed by atoms with Crippen LogP contribution in [0.4, 0.5) is 8.78 Å². The molecule has 0 fully saturated rings. The molecule has 5 nitrogen and oxygen atoms in total. The molecule has 0 atom stereocenters. The highest BCUT2D eigenvalue weighted by molar-refractivity contribution is 7.98. The van der Waals surface area contributed by atoms with Gasteiger partial charge in [0.15, 0.2) is 16.8 Å². The zero-order valence-corrected chi connectivity index (χ0v) is 15.3. The van der Waals surface area contributed by atoms with E-state index in [1.54, 1.807) is 21.1 Å². The van der Waals surface area contributed by atoms with Crippen molar-refractivity contribution in [2.75, 3.05) is 0 Å². The summed E-state index contributed by atoms with van der Waals surface area (Å²) in [6.07, 6.45) is 0.776. The van der Waals surface area contributed by atoms with E-state index in [-0.39, 0.29) is 16.9 Å². The molecule has 8 heteroatoms. The van der Waals surface area contributed by atoms with Crippen molar-refractivity contribution in [3.05, 3.63) is 70.0 Å². The molecule has 0 spiro atoms. The summed E-state index contributed by atoms with van der Waals surface area (Å²) in [5.74, 6) is -1.08. The van der Waals surface area contributed by atoms with Gasteiger partial charge in [0.2, 0.25) is 5.78 Å². The van der Waals surface area contributed by atoms with Crippen LogP contribution in [0.15, 0.2) is 52.4 Å². The normalized spacial score (nSPS) is 11.5. The Balaban J connectivity index is 1.85. The Bertz CT molecular complexity index is 1200. The van der Waals surface area contributed by atoms with Crippen molar-refractivity contribution < 1.29 is 8.78 Å². The molecule has 0 saturated carbocycles. The van der Waals surface area contributed by atoms with Crippen molar-refractivity contribution in [1.29, 1.82) is 0 Å². The van der Waals surface area contributed by atoms with E-state index < -0.39 is 11.6 Å². The molecule has 2 aromatic carbocycles. The van der Waals surface area contributed by atoms with E-state index in [1.807, 2.05) is 25.1 Å². The van der Waals surface area contributed by atoms with Crippen LogP contribution in [0.25, 0.3) is 16.7 Å². The lowest BCUT2D eigenvalue weighted by atomic mass is 10.2. The van der Waals surface area contributed by atoms with E-state index in [4.69, 9.17) is 0 Å². The topological polar surface area (TPSA) is 52.2 Å². The lowest BCUT2D eigenvalue weighted by Gasteiger charge is -2.10. The minimum absolute atomic E-state index is 0.111. The van der Waals surface area contributed by atoms with Crippen LogP contribution in [0, 0.1) is 11.6 Å². The number of halogens is 2. The lowest BCUT2D eigenvalue weighted by Crippen LogP contribution is -2.23. The maximum Gasteiger partial charge on any atom is 0.262 e. The van der Waals surface area contributed by atoms with Crippen LogP contribution in [0.1, 0.15) is 18.9 Å². The first-order valence-electron chi connectivity index (χ1n) is 8.54. The SMILES string of the molecule is CCCn1c(=O)c2ccccc2n2c(SCc3cccc(F)c3F)nnc12. The molecular formula is C19H16F2N4OS. The van der Waals surface area contributed by atoms with Gasteiger partial charge in [0.1, 0.15) is 0 Å². The Morgan fingerprint density at radius 1 is 1.07 bits per heavy atom. The minimum atomic E-state index is -0.874. The summed E-state index contributed by atoms with van der Waals surface area (Å²) in [6, 6.07) is 11.4. The molecule has 0 amide bonds. The summed E-state index contributed by atoms with van der Waals surface area (Å²) in [6.45, 7) is 2.51. The third-order valence-electron chi connectivity index (χ3n) is 4.31. The molecule has 0 unspecified atom stereocenters. The molecule has 2 heterocycles. The Morgan fingerprint density at radius 3 is 2.70 bits per heavy atom. The third-order valence-corrected chi connectivity index (χ3v) is 5.29. The third kappa shape index (κ3) is 2.99. The highest BCUT2D eigenvalue weighted by atomic mass is 32.2. The molecule has 0 aliphatic heterocycles. The fourth-order valence-corrected chi connectivity index (χ4v) is 3.97. The number of benzene rings is 2. The maximum atomic E-state index is 13.9. The summed E-state index contributed by atoms with van der Waals surface area (Å²) in [7, 11) is 0. The summed E-state index contributed by atoms with van der Waals surface area (Å²) >= 11 is 1.25. The van der Waals surface area contributed by atoms with Crippen LogP contribution in [0.5, 0.6) is 0 Å². The summed E-state index contributed by atoms with van der Waals surface area (Å²) < 4.78 is 30.8. The summed E-state index contributed by atoms with van der Waals surface area (Å²) in [5.41, 5.74) is 0.833. The number of hydrogen-bond donors (Lipinski definition) is 0. The van der Waals surface area contributed by atoms with Crippen molar-refractivity contribution in [1.82, 2.24) is 19.2 Å². The van der Waals surface area contributed by atoms with Gasteiger partial charge in [-0.1, -0.05) is 43.0 Å². The number of aryl methyl sites for hydroxylation is 1. The molecule has 4 aromatic rings. The van der Waals surface area contributed by atoms with Crippen LogP contribution in [0.2, 0.25) is 0 Å². The van der Waals surface area contributed by atoms with Crippen molar-refractivity contribution in [2.45, 2.75) is 30.8 Å². The van der Waals surface area contributed by atoms with Gasteiger partial charge < -0.3 is 0 Å². The smallest absolute Gasteiger partial charge is 0.262 e. The van der Waals surface area contributed by atoms with Crippen LogP contribution < -0.4 is 5.56 Å². The van der Waals surface area contributed by atoms with Crippen molar-refractivity contribution in [3.63, 3.8) is 0 Å². The van der Waals surface area contributed by atoms with Gasteiger partial charge in [-0.05, 0) is 24.6 Å².